The van der Waals surface area contributed by atoms with Gasteiger partial charge in [0.1, 0.15) is 60.4 Å². The van der Waals surface area contributed by atoms with Gasteiger partial charge in [-0.3, -0.25) is 52.7 Å². The van der Waals surface area contributed by atoms with Crippen molar-refractivity contribution in [1.29, 1.82) is 0 Å². The zero-order valence-corrected chi connectivity index (χ0v) is 55.9. The van der Waals surface area contributed by atoms with Crippen LogP contribution in [0.15, 0.2) is 12.2 Å². The highest BCUT2D eigenvalue weighted by atomic mass is 16.3. The van der Waals surface area contributed by atoms with Crippen LogP contribution in [0.4, 0.5) is 0 Å². The van der Waals surface area contributed by atoms with E-state index in [0.29, 0.717) is 12.8 Å². The van der Waals surface area contributed by atoms with Gasteiger partial charge in [0.15, 0.2) is 0 Å². The Bertz CT molecular complexity index is 2310. The lowest BCUT2D eigenvalue weighted by Crippen LogP contribution is -2.63. The summed E-state index contributed by atoms with van der Waals surface area (Å²) in [5, 5.41) is 23.2. The number of likely N-dealkylation sites (N-methyl/N-ethyl adjacent to an activating group) is 7. The number of allylic oxidation sites excluding steroid dienone is 2. The lowest BCUT2D eigenvalue weighted by molar-refractivity contribution is -0.157. The molecular weight excluding hydrogens is 1090 g/mol. The minimum absolute atomic E-state index is 0.0255. The zero-order valence-electron chi connectivity index (χ0n) is 55.9. The van der Waals surface area contributed by atoms with Crippen LogP contribution in [0.1, 0.15) is 162 Å². The molecule has 0 spiro atoms. The third-order valence-electron chi connectivity index (χ3n) is 16.2. The van der Waals surface area contributed by atoms with Crippen LogP contribution < -0.4 is 21.3 Å². The number of aliphatic hydroxyl groups is 1. The van der Waals surface area contributed by atoms with Crippen LogP contribution in [0, 0.1) is 35.5 Å². The quantitative estimate of drug-likeness (QED) is 0.139. The van der Waals surface area contributed by atoms with Crippen molar-refractivity contribution in [2.75, 3.05) is 55.9 Å². The van der Waals surface area contributed by atoms with Gasteiger partial charge in [-0.1, -0.05) is 116 Å². The van der Waals surface area contributed by atoms with E-state index in [0.717, 1.165) is 9.80 Å². The third-order valence-corrected chi connectivity index (χ3v) is 16.2. The maximum atomic E-state index is 15.1. The molecular formula is C62H111N11O12. The van der Waals surface area contributed by atoms with Crippen molar-refractivity contribution < 1.29 is 57.8 Å². The van der Waals surface area contributed by atoms with Crippen molar-refractivity contribution in [1.82, 2.24) is 55.6 Å². The Morgan fingerprint density at radius 3 is 1.39 bits per heavy atom. The summed E-state index contributed by atoms with van der Waals surface area (Å²) in [5.74, 6) is -9.47. The van der Waals surface area contributed by atoms with E-state index in [4.69, 9.17) is 0 Å². The van der Waals surface area contributed by atoms with Crippen molar-refractivity contribution >= 4 is 65.0 Å². The Labute approximate surface area is 508 Å². The summed E-state index contributed by atoms with van der Waals surface area (Å²) in [5.41, 5.74) is 0. The minimum Gasteiger partial charge on any atom is -0.390 e. The van der Waals surface area contributed by atoms with Crippen LogP contribution in [0.5, 0.6) is 0 Å². The summed E-state index contributed by atoms with van der Waals surface area (Å²) in [6, 6.07) is -12.2. The number of nitrogens with zero attached hydrogens (tertiary/aromatic N) is 7. The Balaban J connectivity index is 4.33. The van der Waals surface area contributed by atoms with Gasteiger partial charge in [0.25, 0.3) is 0 Å². The number of hydrogen-bond donors (Lipinski definition) is 5. The first-order valence-electron chi connectivity index (χ1n) is 30.7. The Kier molecular flexibility index (Phi) is 32.1. The average Bonchev–Trinajstić information content (AvgIpc) is 3.48. The molecule has 12 atom stereocenters. The van der Waals surface area contributed by atoms with Crippen LogP contribution in [0.2, 0.25) is 0 Å². The maximum absolute atomic E-state index is 15.1. The number of carbonyl (C=O) groups is 11. The van der Waals surface area contributed by atoms with Crippen LogP contribution in [0.25, 0.3) is 0 Å². The second-order valence-electron chi connectivity index (χ2n) is 25.5. The number of rotatable bonds is 16. The molecule has 1 unspecified atom stereocenters. The summed E-state index contributed by atoms with van der Waals surface area (Å²) in [6.07, 6.45) is 3.60. The van der Waals surface area contributed by atoms with Crippen molar-refractivity contribution in [3.8, 4) is 0 Å². The summed E-state index contributed by atoms with van der Waals surface area (Å²) in [6.45, 7) is 27.7. The molecule has 0 aliphatic carbocycles. The molecule has 0 aromatic carbocycles. The Morgan fingerprint density at radius 2 is 0.929 bits per heavy atom. The molecule has 486 valence electrons. The van der Waals surface area contributed by atoms with Crippen molar-refractivity contribution in [3.63, 3.8) is 0 Å². The second-order valence-corrected chi connectivity index (χ2v) is 25.5. The van der Waals surface area contributed by atoms with Gasteiger partial charge in [-0.2, -0.15) is 0 Å². The number of carbonyl (C=O) groups excluding carboxylic acids is 11. The normalized spacial score (nSPS) is 26.8. The fraction of sp³-hybridized carbons (Fsp3) is 0.790. The molecule has 5 N–H and O–H groups in total. The fourth-order valence-corrected chi connectivity index (χ4v) is 10.8. The summed E-state index contributed by atoms with van der Waals surface area (Å²) in [4.78, 5) is 169. The number of hydrogen-bond acceptors (Lipinski definition) is 12. The zero-order chi connectivity index (χ0) is 65.8. The molecule has 0 radical (unpaired) electrons. The molecule has 0 aromatic heterocycles. The monoisotopic (exact) mass is 1200 g/mol. The van der Waals surface area contributed by atoms with Crippen molar-refractivity contribution in [2.45, 2.75) is 229 Å². The Morgan fingerprint density at radius 1 is 0.482 bits per heavy atom. The van der Waals surface area contributed by atoms with E-state index in [-0.39, 0.29) is 56.3 Å². The van der Waals surface area contributed by atoms with Crippen LogP contribution in [-0.2, 0) is 52.7 Å². The predicted molar refractivity (Wildman–Crippen MR) is 329 cm³/mol. The van der Waals surface area contributed by atoms with Gasteiger partial charge < -0.3 is 60.7 Å². The predicted octanol–water partition coefficient (Wildman–Crippen LogP) is 3.41. The molecule has 1 heterocycles. The number of aliphatic hydroxyl groups excluding tert-OH is 1. The molecule has 23 nitrogen and oxygen atoms in total. The molecule has 0 aromatic rings. The van der Waals surface area contributed by atoms with Gasteiger partial charge in [0, 0.05) is 49.3 Å². The highest BCUT2D eigenvalue weighted by Crippen LogP contribution is 2.25. The molecule has 0 bridgehead atoms. The summed E-state index contributed by atoms with van der Waals surface area (Å²) in [7, 11) is 9.93. The second kappa shape index (κ2) is 35.5. The van der Waals surface area contributed by atoms with Crippen LogP contribution in [-0.4, -0.2) is 227 Å². The highest BCUT2D eigenvalue weighted by Gasteiger charge is 2.45. The standard InChI is InChI=1S/C62H111N11O12/c1-24-28-30-40(15)52(75)51-56(79)65-43(27-4)58(81)67(17)34-48(74)68(18)44(29-25-2)54(77)66-49(38(11)12)61(84)69(19)45(31-35(5)6)55(78)64-42(26-3)53(76)63-41(16)57(80)70(20)46(32-36(7)8)59(82)71(21)47(33-37(9)10)60(83)72(22)50(39(13)14)62(85)73(51)23/h24,28,35-47,49-52,75H,25-27,29-34H2,1-23H3,(H,63,76)(H,64,78)(H,65,79)(H,66,77)/b28-24+/t40-,41-,42?,43+,44+,45+,46+,47-,49+,50+,51+,52-/m1/s1. The van der Waals surface area contributed by atoms with E-state index in [2.05, 4.69) is 21.3 Å². The lowest BCUT2D eigenvalue weighted by Gasteiger charge is -2.41. The molecule has 1 aliphatic rings. The molecule has 0 saturated carbocycles. The molecule has 11 amide bonds. The molecule has 85 heavy (non-hydrogen) atoms. The first kappa shape index (κ1) is 76.9. The van der Waals surface area contributed by atoms with E-state index in [9.17, 15) is 48.3 Å². The van der Waals surface area contributed by atoms with Crippen LogP contribution >= 0.6 is 0 Å². The van der Waals surface area contributed by atoms with Crippen molar-refractivity contribution in [2.24, 2.45) is 35.5 Å². The van der Waals surface area contributed by atoms with E-state index >= 15 is 9.59 Å². The summed E-state index contributed by atoms with van der Waals surface area (Å²) < 4.78 is 0. The van der Waals surface area contributed by atoms with E-state index < -0.39 is 156 Å². The number of nitrogens with one attached hydrogen (secondary N) is 4. The van der Waals surface area contributed by atoms with Gasteiger partial charge in [0.05, 0.1) is 12.6 Å². The van der Waals surface area contributed by atoms with Gasteiger partial charge in [-0.05, 0) is 94.3 Å². The van der Waals surface area contributed by atoms with E-state index in [1.807, 2.05) is 54.5 Å². The fourth-order valence-electron chi connectivity index (χ4n) is 10.8. The number of amides is 11. The van der Waals surface area contributed by atoms with E-state index in [1.54, 1.807) is 61.5 Å². The summed E-state index contributed by atoms with van der Waals surface area (Å²) >= 11 is 0. The SMILES string of the molecule is C/C=C/C[C@@H](C)[C@@H](O)[C@H]1C(=O)N[C@@H](CC)C(=O)N(C)CC(=O)N(C)[C@@H](CCC)C(=O)N[C@@H](C(C)C)C(=O)N(C)[C@@H](CC(C)C)C(=O)NC(CC)C(=O)N[C@H](C)C(=O)N(C)[C@@H](CC(C)C)C(=O)N(C)[C@H](CC(C)C)C(=O)N(C)[C@@H](C(C)C)C(=O)N1C. The largest absolute Gasteiger partial charge is 0.390 e. The molecule has 1 fully saturated rings. The molecule has 1 saturated heterocycles. The lowest BCUT2D eigenvalue weighted by atomic mass is 9.91. The Hall–Kier alpha value is -6.13. The highest BCUT2D eigenvalue weighted by molar-refractivity contribution is 5.99. The smallest absolute Gasteiger partial charge is 0.246 e. The first-order chi connectivity index (χ1) is 39.4. The van der Waals surface area contributed by atoms with E-state index in [1.165, 1.54) is 80.8 Å². The molecule has 1 rings (SSSR count). The van der Waals surface area contributed by atoms with Gasteiger partial charge in [-0.25, -0.2) is 0 Å². The van der Waals surface area contributed by atoms with Gasteiger partial charge >= 0.3 is 0 Å². The van der Waals surface area contributed by atoms with Gasteiger partial charge in [0.2, 0.25) is 65.0 Å². The maximum Gasteiger partial charge on any atom is 0.246 e. The van der Waals surface area contributed by atoms with Gasteiger partial charge in [-0.15, -0.1) is 0 Å². The molecule has 23 heteroatoms. The van der Waals surface area contributed by atoms with Crippen molar-refractivity contribution in [3.05, 3.63) is 12.2 Å². The average molecular weight is 1200 g/mol. The molecule has 1 aliphatic heterocycles. The minimum atomic E-state index is -1.61. The van der Waals surface area contributed by atoms with Crippen LogP contribution in [0.3, 0.4) is 0 Å². The third kappa shape index (κ3) is 21.4. The topological polar surface area (TPSA) is 279 Å². The first-order valence-corrected chi connectivity index (χ1v) is 30.7.